The fourth-order valence-corrected chi connectivity index (χ4v) is 1.72. The zero-order valence-electron chi connectivity index (χ0n) is 10.2. The zero-order chi connectivity index (χ0) is 13.2. The number of imidazole rings is 1. The largest absolute Gasteiger partial charge is 0.305 e. The van der Waals surface area contributed by atoms with Crippen LogP contribution in [0.4, 0.5) is 5.82 Å². The summed E-state index contributed by atoms with van der Waals surface area (Å²) in [6, 6.07) is 7.04. The van der Waals surface area contributed by atoms with Crippen molar-refractivity contribution in [2.24, 2.45) is 0 Å². The van der Waals surface area contributed by atoms with E-state index < -0.39 is 0 Å². The third kappa shape index (κ3) is 2.28. The molecule has 1 amide bonds. The average molecular weight is 253 g/mol. The summed E-state index contributed by atoms with van der Waals surface area (Å²) in [5, 5.41) is 6.88. The Kier molecular flexibility index (Phi) is 2.68. The maximum Gasteiger partial charge on any atom is 0.277 e. The number of amides is 1. The van der Waals surface area contributed by atoms with E-state index in [0.29, 0.717) is 17.2 Å². The van der Waals surface area contributed by atoms with Gasteiger partial charge in [-0.05, 0) is 36.8 Å². The average Bonchev–Trinajstić information content (AvgIpc) is 2.85. The number of carbonyl (C=O) groups is 1. The van der Waals surface area contributed by atoms with Crippen molar-refractivity contribution in [3.63, 3.8) is 0 Å². The van der Waals surface area contributed by atoms with Crippen LogP contribution in [-0.4, -0.2) is 25.5 Å². The lowest BCUT2D eigenvalue weighted by Gasteiger charge is -2.04. The van der Waals surface area contributed by atoms with Crippen LogP contribution in [0.5, 0.6) is 0 Å². The first-order valence-corrected chi connectivity index (χ1v) is 5.77. The van der Waals surface area contributed by atoms with E-state index >= 15 is 0 Å². The Morgan fingerprint density at radius 1 is 1.21 bits per heavy atom. The molecule has 0 aliphatic carbocycles. The van der Waals surface area contributed by atoms with E-state index in [1.807, 2.05) is 13.0 Å². The molecule has 0 radical (unpaired) electrons. The minimum Gasteiger partial charge on any atom is -0.305 e. The van der Waals surface area contributed by atoms with Crippen molar-refractivity contribution in [3.8, 4) is 0 Å². The molecule has 6 nitrogen and oxygen atoms in total. The Hall–Kier alpha value is -2.76. The first-order valence-electron chi connectivity index (χ1n) is 5.77. The van der Waals surface area contributed by atoms with E-state index in [4.69, 9.17) is 0 Å². The molecule has 3 aromatic heterocycles. The van der Waals surface area contributed by atoms with Gasteiger partial charge in [-0.2, -0.15) is 5.10 Å². The summed E-state index contributed by atoms with van der Waals surface area (Å²) in [6.45, 7) is 1.94. The first-order chi connectivity index (χ1) is 9.22. The number of carbonyl (C=O) groups excluding carboxylic acids is 1. The van der Waals surface area contributed by atoms with Gasteiger partial charge in [-0.25, -0.2) is 14.5 Å². The lowest BCUT2D eigenvalue weighted by Crippen LogP contribution is -2.15. The minimum absolute atomic E-state index is 0.297. The van der Waals surface area contributed by atoms with Gasteiger partial charge in [-0.3, -0.25) is 4.79 Å². The lowest BCUT2D eigenvalue weighted by atomic mass is 10.3. The summed E-state index contributed by atoms with van der Waals surface area (Å²) in [4.78, 5) is 20.2. The van der Waals surface area contributed by atoms with Crippen molar-refractivity contribution in [1.29, 1.82) is 0 Å². The van der Waals surface area contributed by atoms with Crippen LogP contribution in [0, 0.1) is 6.92 Å². The van der Waals surface area contributed by atoms with Crippen LogP contribution >= 0.6 is 0 Å². The second-order valence-electron chi connectivity index (χ2n) is 4.12. The molecule has 94 valence electrons. The molecule has 3 aromatic rings. The van der Waals surface area contributed by atoms with Gasteiger partial charge >= 0.3 is 0 Å². The first kappa shape index (κ1) is 11.3. The summed E-state index contributed by atoms with van der Waals surface area (Å²) in [6.07, 6.45) is 4.97. The molecule has 0 atom stereocenters. The molecule has 0 aliphatic rings. The fourth-order valence-electron chi connectivity index (χ4n) is 1.72. The Morgan fingerprint density at radius 2 is 2.11 bits per heavy atom. The molecular formula is C13H11N5O. The molecule has 0 bridgehead atoms. The molecule has 0 spiro atoms. The highest BCUT2D eigenvalue weighted by Crippen LogP contribution is 2.08. The van der Waals surface area contributed by atoms with Crippen LogP contribution < -0.4 is 5.32 Å². The van der Waals surface area contributed by atoms with Crippen LogP contribution in [0.25, 0.3) is 5.65 Å². The van der Waals surface area contributed by atoms with Crippen molar-refractivity contribution in [2.75, 3.05) is 5.32 Å². The number of aromatic nitrogens is 4. The SMILES string of the molecule is Cc1ccnc(NC(=O)c2ccc3nccn3n2)c1. The van der Waals surface area contributed by atoms with Gasteiger partial charge in [0.05, 0.1) is 0 Å². The monoisotopic (exact) mass is 253 g/mol. The van der Waals surface area contributed by atoms with Gasteiger partial charge < -0.3 is 5.32 Å². The number of aryl methyl sites for hydroxylation is 1. The third-order valence-electron chi connectivity index (χ3n) is 2.64. The number of hydrogen-bond acceptors (Lipinski definition) is 4. The molecule has 3 heterocycles. The number of hydrogen-bond donors (Lipinski definition) is 1. The predicted molar refractivity (Wildman–Crippen MR) is 69.9 cm³/mol. The summed E-state index contributed by atoms with van der Waals surface area (Å²) >= 11 is 0. The predicted octanol–water partition coefficient (Wildman–Crippen LogP) is 1.69. The van der Waals surface area contributed by atoms with Crippen molar-refractivity contribution < 1.29 is 4.79 Å². The maximum atomic E-state index is 12.0. The van der Waals surface area contributed by atoms with Gasteiger partial charge in [0.15, 0.2) is 5.65 Å². The van der Waals surface area contributed by atoms with Crippen LogP contribution in [0.2, 0.25) is 0 Å². The number of nitrogens with one attached hydrogen (secondary N) is 1. The fraction of sp³-hybridized carbons (Fsp3) is 0.0769. The number of nitrogens with zero attached hydrogens (tertiary/aromatic N) is 4. The van der Waals surface area contributed by atoms with Gasteiger partial charge in [0, 0.05) is 18.6 Å². The summed E-state index contributed by atoms with van der Waals surface area (Å²) in [5.74, 6) is 0.214. The molecule has 19 heavy (non-hydrogen) atoms. The van der Waals surface area contributed by atoms with E-state index in [0.717, 1.165) is 5.56 Å². The Labute approximate surface area is 109 Å². The van der Waals surface area contributed by atoms with E-state index in [2.05, 4.69) is 20.4 Å². The van der Waals surface area contributed by atoms with Crippen molar-refractivity contribution in [1.82, 2.24) is 19.6 Å². The second-order valence-corrected chi connectivity index (χ2v) is 4.12. The molecule has 0 unspecified atom stereocenters. The van der Waals surface area contributed by atoms with Gasteiger partial charge in [-0.15, -0.1) is 0 Å². The Morgan fingerprint density at radius 3 is 2.95 bits per heavy atom. The molecule has 6 heteroatoms. The standard InChI is InChI=1S/C13H11N5O/c1-9-4-5-14-11(8-9)16-13(19)10-2-3-12-15-6-7-18(12)17-10/h2-8H,1H3,(H,14,16,19). The number of rotatable bonds is 2. The van der Waals surface area contributed by atoms with Gasteiger partial charge in [0.1, 0.15) is 11.5 Å². The minimum atomic E-state index is -0.297. The highest BCUT2D eigenvalue weighted by atomic mass is 16.2. The summed E-state index contributed by atoms with van der Waals surface area (Å²) in [5.41, 5.74) is 2.04. The zero-order valence-corrected chi connectivity index (χ0v) is 10.2. The third-order valence-corrected chi connectivity index (χ3v) is 2.64. The van der Waals surface area contributed by atoms with Crippen LogP contribution in [0.15, 0.2) is 42.9 Å². The van der Waals surface area contributed by atoms with Crippen molar-refractivity contribution >= 4 is 17.4 Å². The molecule has 0 aliphatic heterocycles. The number of fused-ring (bicyclic) bond motifs is 1. The van der Waals surface area contributed by atoms with Crippen LogP contribution in [-0.2, 0) is 0 Å². The molecule has 1 N–H and O–H groups in total. The quantitative estimate of drug-likeness (QED) is 0.754. The van der Waals surface area contributed by atoms with Gasteiger partial charge in [0.2, 0.25) is 0 Å². The summed E-state index contributed by atoms with van der Waals surface area (Å²) < 4.78 is 1.55. The number of pyridine rings is 1. The van der Waals surface area contributed by atoms with E-state index in [9.17, 15) is 4.79 Å². The topological polar surface area (TPSA) is 72.2 Å². The molecule has 0 fully saturated rings. The van der Waals surface area contributed by atoms with E-state index in [1.54, 1.807) is 41.3 Å². The van der Waals surface area contributed by atoms with Crippen molar-refractivity contribution in [2.45, 2.75) is 6.92 Å². The molecular weight excluding hydrogens is 242 g/mol. The molecule has 0 aromatic carbocycles. The van der Waals surface area contributed by atoms with Crippen LogP contribution in [0.1, 0.15) is 16.1 Å². The molecule has 0 saturated heterocycles. The molecule has 0 saturated carbocycles. The Balaban J connectivity index is 1.87. The molecule has 3 rings (SSSR count). The summed E-state index contributed by atoms with van der Waals surface area (Å²) in [7, 11) is 0. The highest BCUT2D eigenvalue weighted by molar-refractivity contribution is 6.02. The number of anilines is 1. The van der Waals surface area contributed by atoms with Gasteiger partial charge in [-0.1, -0.05) is 0 Å². The smallest absolute Gasteiger partial charge is 0.277 e. The van der Waals surface area contributed by atoms with Crippen LogP contribution in [0.3, 0.4) is 0 Å². The Bertz CT molecular complexity index is 749. The van der Waals surface area contributed by atoms with Gasteiger partial charge in [0.25, 0.3) is 5.91 Å². The lowest BCUT2D eigenvalue weighted by molar-refractivity contribution is 0.102. The van der Waals surface area contributed by atoms with E-state index in [1.165, 1.54) is 0 Å². The van der Waals surface area contributed by atoms with E-state index in [-0.39, 0.29) is 5.91 Å². The normalized spacial score (nSPS) is 10.6. The van der Waals surface area contributed by atoms with Crippen molar-refractivity contribution in [3.05, 3.63) is 54.1 Å². The second kappa shape index (κ2) is 4.49. The maximum absolute atomic E-state index is 12.0. The highest BCUT2D eigenvalue weighted by Gasteiger charge is 2.09.